The van der Waals surface area contributed by atoms with Crippen LogP contribution in [-0.4, -0.2) is 36.1 Å². The summed E-state index contributed by atoms with van der Waals surface area (Å²) in [6, 6.07) is 4.01. The fourth-order valence-electron chi connectivity index (χ4n) is 1.75. The van der Waals surface area contributed by atoms with Gasteiger partial charge in [-0.25, -0.2) is 0 Å². The molecule has 0 saturated carbocycles. The van der Waals surface area contributed by atoms with Gasteiger partial charge in [-0.15, -0.1) is 0 Å². The van der Waals surface area contributed by atoms with Crippen molar-refractivity contribution in [1.29, 1.82) is 0 Å². The number of hydrogen-bond donors (Lipinski definition) is 4. The first-order valence-corrected chi connectivity index (χ1v) is 7.90. The average Bonchev–Trinajstić information content (AvgIpc) is 2.48. The molecule has 0 radical (unpaired) electrons. The summed E-state index contributed by atoms with van der Waals surface area (Å²) in [4.78, 5) is 23.3. The van der Waals surface area contributed by atoms with E-state index >= 15 is 0 Å². The summed E-state index contributed by atoms with van der Waals surface area (Å²) in [6.45, 7) is 3.40. The van der Waals surface area contributed by atoms with Crippen LogP contribution < -0.4 is 16.4 Å². The summed E-state index contributed by atoms with van der Waals surface area (Å²) in [6.07, 6.45) is -0.955. The van der Waals surface area contributed by atoms with Gasteiger partial charge in [-0.1, -0.05) is 37.0 Å². The van der Waals surface area contributed by atoms with Gasteiger partial charge in [0.2, 0.25) is 11.8 Å². The van der Waals surface area contributed by atoms with Gasteiger partial charge in [0.1, 0.15) is 0 Å². The number of nitrogens with one attached hydrogen (secondary N) is 2. The largest absolute Gasteiger partial charge is 0.387 e. The molecule has 1 aromatic rings. The van der Waals surface area contributed by atoms with Crippen molar-refractivity contribution in [1.82, 2.24) is 10.6 Å². The predicted octanol–water partition coefficient (Wildman–Crippen LogP) is 1.24. The van der Waals surface area contributed by atoms with E-state index in [-0.39, 0.29) is 19.0 Å². The van der Waals surface area contributed by atoms with E-state index in [1.54, 1.807) is 18.2 Å². The third kappa shape index (κ3) is 6.74. The Hall–Kier alpha value is -1.34. The molecular formula is C15H21Cl2N3O3. The third-order valence-electron chi connectivity index (χ3n) is 3.21. The second kappa shape index (κ2) is 9.08. The molecule has 0 bridgehead atoms. The van der Waals surface area contributed by atoms with E-state index in [4.69, 9.17) is 28.9 Å². The zero-order chi connectivity index (χ0) is 17.6. The molecule has 0 heterocycles. The number of halogens is 2. The first kappa shape index (κ1) is 19.7. The fourth-order valence-corrected chi connectivity index (χ4v) is 2.29. The van der Waals surface area contributed by atoms with E-state index < -0.39 is 24.0 Å². The molecule has 23 heavy (non-hydrogen) atoms. The molecule has 0 fully saturated rings. The smallest absolute Gasteiger partial charge is 0.239 e. The highest BCUT2D eigenvalue weighted by Gasteiger charge is 2.18. The van der Waals surface area contributed by atoms with Crippen LogP contribution in [0.3, 0.4) is 0 Å². The molecule has 128 valence electrons. The first-order valence-electron chi connectivity index (χ1n) is 7.14. The predicted molar refractivity (Wildman–Crippen MR) is 90.3 cm³/mol. The van der Waals surface area contributed by atoms with Crippen molar-refractivity contribution in [2.75, 3.05) is 13.1 Å². The van der Waals surface area contributed by atoms with Crippen LogP contribution in [-0.2, 0) is 9.59 Å². The van der Waals surface area contributed by atoms with Gasteiger partial charge in [-0.05, 0) is 29.7 Å². The molecule has 0 aromatic heterocycles. The van der Waals surface area contributed by atoms with Crippen molar-refractivity contribution >= 4 is 35.0 Å². The number of carbonyl (C=O) groups is 2. The Morgan fingerprint density at radius 1 is 1.17 bits per heavy atom. The molecule has 1 aromatic carbocycles. The van der Waals surface area contributed by atoms with E-state index in [1.807, 2.05) is 13.8 Å². The molecule has 0 saturated heterocycles. The Morgan fingerprint density at radius 3 is 2.26 bits per heavy atom. The topological polar surface area (TPSA) is 104 Å². The second-order valence-corrected chi connectivity index (χ2v) is 6.38. The first-order chi connectivity index (χ1) is 10.7. The van der Waals surface area contributed by atoms with Crippen LogP contribution in [0.15, 0.2) is 18.2 Å². The van der Waals surface area contributed by atoms with E-state index in [9.17, 15) is 14.7 Å². The van der Waals surface area contributed by atoms with Gasteiger partial charge in [0, 0.05) is 16.6 Å². The number of benzene rings is 1. The molecule has 5 N–H and O–H groups in total. The van der Waals surface area contributed by atoms with Crippen LogP contribution in [0.2, 0.25) is 10.0 Å². The lowest BCUT2D eigenvalue weighted by Crippen LogP contribution is -2.47. The van der Waals surface area contributed by atoms with E-state index in [1.165, 1.54) is 0 Å². The zero-order valence-corrected chi connectivity index (χ0v) is 14.5. The normalized spacial score (nSPS) is 13.5. The Morgan fingerprint density at radius 2 is 1.74 bits per heavy atom. The van der Waals surface area contributed by atoms with E-state index in [0.29, 0.717) is 15.6 Å². The van der Waals surface area contributed by atoms with Crippen molar-refractivity contribution in [3.05, 3.63) is 33.8 Å². The maximum atomic E-state index is 11.7. The molecule has 0 aliphatic rings. The molecule has 1 unspecified atom stereocenters. The lowest BCUT2D eigenvalue weighted by atomic mass is 10.1. The summed E-state index contributed by atoms with van der Waals surface area (Å²) in [5.41, 5.74) is 6.16. The Labute approximate surface area is 145 Å². The molecule has 1 rings (SSSR count). The lowest BCUT2D eigenvalue weighted by molar-refractivity contribution is -0.127. The van der Waals surface area contributed by atoms with Gasteiger partial charge in [-0.3, -0.25) is 9.59 Å². The number of hydrogen-bond acceptors (Lipinski definition) is 4. The second-order valence-electron chi connectivity index (χ2n) is 5.51. The van der Waals surface area contributed by atoms with Crippen LogP contribution in [0.1, 0.15) is 25.5 Å². The molecule has 8 heteroatoms. The van der Waals surface area contributed by atoms with Crippen molar-refractivity contribution in [3.63, 3.8) is 0 Å². The number of nitrogens with two attached hydrogens (primary N) is 1. The Bertz CT molecular complexity index is 547. The van der Waals surface area contributed by atoms with E-state index in [0.717, 1.165) is 0 Å². The molecule has 6 nitrogen and oxygen atoms in total. The van der Waals surface area contributed by atoms with Crippen LogP contribution in [0.25, 0.3) is 0 Å². The third-order valence-corrected chi connectivity index (χ3v) is 3.64. The Balaban J connectivity index is 2.42. The summed E-state index contributed by atoms with van der Waals surface area (Å²) in [7, 11) is 0. The molecular weight excluding hydrogens is 341 g/mol. The van der Waals surface area contributed by atoms with Crippen molar-refractivity contribution in [2.24, 2.45) is 11.7 Å². The van der Waals surface area contributed by atoms with Gasteiger partial charge >= 0.3 is 0 Å². The minimum atomic E-state index is -0.955. The Kier molecular flexibility index (Phi) is 7.78. The van der Waals surface area contributed by atoms with E-state index in [2.05, 4.69) is 10.6 Å². The minimum absolute atomic E-state index is 0.0209. The number of aliphatic hydroxyl groups excluding tert-OH is 1. The maximum absolute atomic E-state index is 11.7. The van der Waals surface area contributed by atoms with Gasteiger partial charge < -0.3 is 21.5 Å². The molecule has 0 aliphatic carbocycles. The summed E-state index contributed by atoms with van der Waals surface area (Å²) >= 11 is 11.7. The van der Waals surface area contributed by atoms with Crippen LogP contribution >= 0.6 is 23.2 Å². The van der Waals surface area contributed by atoms with Gasteiger partial charge in [-0.2, -0.15) is 0 Å². The monoisotopic (exact) mass is 361 g/mol. The van der Waals surface area contributed by atoms with Crippen molar-refractivity contribution < 1.29 is 14.7 Å². The van der Waals surface area contributed by atoms with Gasteiger partial charge in [0.15, 0.2) is 0 Å². The summed E-state index contributed by atoms with van der Waals surface area (Å²) in [5.74, 6) is -0.841. The SMILES string of the molecule is CC(C)[C@H](N)C(=O)NCC(=O)NCC(O)c1cc(Cl)cc(Cl)c1. The molecule has 2 atom stereocenters. The van der Waals surface area contributed by atoms with Crippen molar-refractivity contribution in [2.45, 2.75) is 26.0 Å². The van der Waals surface area contributed by atoms with Crippen LogP contribution in [0.5, 0.6) is 0 Å². The van der Waals surface area contributed by atoms with Crippen LogP contribution in [0, 0.1) is 5.92 Å². The van der Waals surface area contributed by atoms with Crippen LogP contribution in [0.4, 0.5) is 0 Å². The lowest BCUT2D eigenvalue weighted by Gasteiger charge is -2.16. The zero-order valence-electron chi connectivity index (χ0n) is 13.0. The standard InChI is InChI=1S/C15H21Cl2N3O3/c1-8(2)14(18)15(23)20-7-13(22)19-6-12(21)9-3-10(16)5-11(17)4-9/h3-5,8,12,14,21H,6-7,18H2,1-2H3,(H,19,22)(H,20,23)/t12?,14-/m0/s1. The highest BCUT2D eigenvalue weighted by molar-refractivity contribution is 6.34. The minimum Gasteiger partial charge on any atom is -0.387 e. The fraction of sp³-hybridized carbons (Fsp3) is 0.467. The maximum Gasteiger partial charge on any atom is 0.239 e. The van der Waals surface area contributed by atoms with Gasteiger partial charge in [0.05, 0.1) is 18.7 Å². The quantitative estimate of drug-likeness (QED) is 0.586. The molecule has 0 spiro atoms. The summed E-state index contributed by atoms with van der Waals surface area (Å²) < 4.78 is 0. The number of aliphatic hydroxyl groups is 1. The molecule has 0 aliphatic heterocycles. The highest BCUT2D eigenvalue weighted by atomic mass is 35.5. The number of amides is 2. The molecule has 2 amide bonds. The number of carbonyl (C=O) groups excluding carboxylic acids is 2. The average molecular weight is 362 g/mol. The van der Waals surface area contributed by atoms with Gasteiger partial charge in [0.25, 0.3) is 0 Å². The van der Waals surface area contributed by atoms with Crippen molar-refractivity contribution in [3.8, 4) is 0 Å². The number of rotatable bonds is 7. The summed E-state index contributed by atoms with van der Waals surface area (Å²) in [5, 5.41) is 15.8. The highest BCUT2D eigenvalue weighted by Crippen LogP contribution is 2.23.